The van der Waals surface area contributed by atoms with Gasteiger partial charge in [0.05, 0.1) is 17.2 Å². The molecule has 1 saturated carbocycles. The lowest BCUT2D eigenvalue weighted by atomic mass is 9.80. The van der Waals surface area contributed by atoms with Gasteiger partial charge in [-0.3, -0.25) is 9.59 Å². The van der Waals surface area contributed by atoms with Gasteiger partial charge in [-0.05, 0) is 92.0 Å². The Morgan fingerprint density at radius 3 is 2.41 bits per heavy atom. The van der Waals surface area contributed by atoms with Crippen LogP contribution in [0.1, 0.15) is 78.9 Å². The number of alkyl halides is 3. The molecule has 1 aliphatic carbocycles. The Labute approximate surface area is 252 Å². The lowest BCUT2D eigenvalue weighted by Gasteiger charge is -2.28. The summed E-state index contributed by atoms with van der Waals surface area (Å²) in [7, 11) is 0. The van der Waals surface area contributed by atoms with Gasteiger partial charge in [0.25, 0.3) is 5.91 Å². The molecule has 2 amide bonds. The van der Waals surface area contributed by atoms with Crippen LogP contribution in [0.2, 0.25) is 0 Å². The Morgan fingerprint density at radius 1 is 1.05 bits per heavy atom. The number of benzene rings is 2. The lowest BCUT2D eigenvalue weighted by Crippen LogP contribution is -2.31. The molecule has 0 spiro atoms. The summed E-state index contributed by atoms with van der Waals surface area (Å²) >= 11 is 0. The zero-order valence-electron chi connectivity index (χ0n) is 24.4. The van der Waals surface area contributed by atoms with Gasteiger partial charge >= 0.3 is 6.18 Å². The molecule has 1 fully saturated rings. The first kappa shape index (κ1) is 30.7. The van der Waals surface area contributed by atoms with Gasteiger partial charge < -0.3 is 15.1 Å². The number of carbonyl (C=O) groups excluding carboxylic acids is 2. The molecule has 2 aromatic heterocycles. The van der Waals surface area contributed by atoms with Crippen molar-refractivity contribution >= 4 is 28.7 Å². The van der Waals surface area contributed by atoms with Gasteiger partial charge in [-0.2, -0.15) is 18.4 Å². The van der Waals surface area contributed by atoms with Crippen LogP contribution in [-0.2, 0) is 11.0 Å². The summed E-state index contributed by atoms with van der Waals surface area (Å²) < 4.78 is 44.8. The third-order valence-electron chi connectivity index (χ3n) is 8.01. The minimum Gasteiger partial charge on any atom is -0.436 e. The predicted octanol–water partition coefficient (Wildman–Crippen LogP) is 7.47. The van der Waals surface area contributed by atoms with Crippen molar-refractivity contribution in [2.45, 2.75) is 58.0 Å². The minimum absolute atomic E-state index is 0.113. The number of hydrogen-bond donors (Lipinski definition) is 2. The molecular weight excluding hydrogens is 571 g/mol. The van der Waals surface area contributed by atoms with E-state index >= 15 is 0 Å². The van der Waals surface area contributed by atoms with Crippen molar-refractivity contribution in [3.05, 3.63) is 77.0 Å². The largest absolute Gasteiger partial charge is 0.436 e. The molecule has 0 unspecified atom stereocenters. The Bertz CT molecular complexity index is 1700. The highest BCUT2D eigenvalue weighted by atomic mass is 19.4. The number of fused-ring (bicyclic) bond motifs is 1. The van der Waals surface area contributed by atoms with E-state index in [9.17, 15) is 28.0 Å². The van der Waals surface area contributed by atoms with Gasteiger partial charge in [0, 0.05) is 35.9 Å². The van der Waals surface area contributed by atoms with Gasteiger partial charge in [0.2, 0.25) is 11.8 Å². The average Bonchev–Trinajstić information content (AvgIpc) is 3.44. The number of pyridine rings is 1. The number of nitrogens with one attached hydrogen (secondary N) is 2. The van der Waals surface area contributed by atoms with Gasteiger partial charge in [-0.1, -0.05) is 13.8 Å². The second-order valence-corrected chi connectivity index (χ2v) is 11.6. The molecule has 8 nitrogen and oxygen atoms in total. The summed E-state index contributed by atoms with van der Waals surface area (Å²) in [6.45, 7) is 4.57. The Kier molecular flexibility index (Phi) is 8.99. The summed E-state index contributed by atoms with van der Waals surface area (Å²) in [5.74, 6) is 0.305. The first-order valence-electron chi connectivity index (χ1n) is 14.6. The zero-order chi connectivity index (χ0) is 31.4. The van der Waals surface area contributed by atoms with Gasteiger partial charge in [-0.25, -0.2) is 9.97 Å². The average molecular weight is 604 g/mol. The van der Waals surface area contributed by atoms with Gasteiger partial charge in [-0.15, -0.1) is 0 Å². The summed E-state index contributed by atoms with van der Waals surface area (Å²) in [5, 5.41) is 14.8. The Balaban J connectivity index is 1.10. The number of nitrogens with zero attached hydrogens (tertiary/aromatic N) is 3. The van der Waals surface area contributed by atoms with Gasteiger partial charge in [0.1, 0.15) is 11.3 Å². The van der Waals surface area contributed by atoms with Crippen LogP contribution in [-0.4, -0.2) is 28.3 Å². The molecule has 0 radical (unpaired) electrons. The van der Waals surface area contributed by atoms with Crippen LogP contribution in [0.5, 0.6) is 0 Å². The van der Waals surface area contributed by atoms with Crippen LogP contribution in [0.3, 0.4) is 0 Å². The highest BCUT2D eigenvalue weighted by Crippen LogP contribution is 2.33. The molecule has 2 heterocycles. The number of nitriles is 1. The number of rotatable bonds is 8. The molecule has 0 aliphatic heterocycles. The summed E-state index contributed by atoms with van der Waals surface area (Å²) in [6.07, 6.45) is -0.0174. The second-order valence-electron chi connectivity index (χ2n) is 11.6. The van der Waals surface area contributed by atoms with E-state index in [0.29, 0.717) is 34.7 Å². The van der Waals surface area contributed by atoms with Crippen molar-refractivity contribution in [3.63, 3.8) is 0 Å². The standard InChI is InChI=1S/C33H32F3N5O3/c1-19(2)26-13-22(17-37)14-27-30(26)44-32(40-27)24-9-7-23(8-10-24)31(43)39-18-21-5-3-20(4-6-21)15-29(42)41-28-16-25(11-12-38-28)33(34,35)36/h7-14,16,19-21H,3-6,15,18H2,1-2H3,(H,39,43)(H,38,41,42)/t20-,21-. The number of amides is 2. The highest BCUT2D eigenvalue weighted by Gasteiger charge is 2.31. The SMILES string of the molecule is CC(C)c1cc(C#N)cc2nc(-c3ccc(C(=O)NC[C@H]4CC[C@H](CC(=O)Nc5cc(C(F)(F)F)ccn5)CC4)cc3)oc12. The topological polar surface area (TPSA) is 121 Å². The fraction of sp³-hybridized carbons (Fsp3) is 0.364. The highest BCUT2D eigenvalue weighted by molar-refractivity contribution is 5.94. The smallest absolute Gasteiger partial charge is 0.416 e. The molecule has 4 aromatic rings. The molecule has 0 atom stereocenters. The van der Waals surface area contributed by atoms with Crippen molar-refractivity contribution in [2.75, 3.05) is 11.9 Å². The summed E-state index contributed by atoms with van der Waals surface area (Å²) in [5.41, 5.74) is 3.08. The number of carbonyl (C=O) groups is 2. The van der Waals surface area contributed by atoms with Crippen molar-refractivity contribution in [3.8, 4) is 17.5 Å². The minimum atomic E-state index is -4.50. The molecule has 11 heteroatoms. The zero-order valence-corrected chi connectivity index (χ0v) is 24.4. The maximum absolute atomic E-state index is 12.9. The molecule has 0 bridgehead atoms. The van der Waals surface area contributed by atoms with Crippen LogP contribution in [0.4, 0.5) is 19.0 Å². The van der Waals surface area contributed by atoms with Crippen molar-refractivity contribution in [1.29, 1.82) is 5.26 Å². The predicted molar refractivity (Wildman–Crippen MR) is 159 cm³/mol. The Morgan fingerprint density at radius 2 is 1.75 bits per heavy atom. The maximum Gasteiger partial charge on any atom is 0.416 e. The molecular formula is C33H32F3N5O3. The first-order chi connectivity index (χ1) is 21.0. The summed E-state index contributed by atoms with van der Waals surface area (Å²) in [6, 6.07) is 14.4. The molecule has 2 N–H and O–H groups in total. The number of aromatic nitrogens is 2. The van der Waals surface area contributed by atoms with E-state index in [2.05, 4.69) is 26.7 Å². The van der Waals surface area contributed by atoms with E-state index in [1.54, 1.807) is 30.3 Å². The third kappa shape index (κ3) is 7.25. The van der Waals surface area contributed by atoms with E-state index < -0.39 is 11.7 Å². The molecule has 0 saturated heterocycles. The van der Waals surface area contributed by atoms with E-state index in [4.69, 9.17) is 4.42 Å². The van der Waals surface area contributed by atoms with Crippen molar-refractivity contribution in [1.82, 2.24) is 15.3 Å². The van der Waals surface area contributed by atoms with E-state index in [0.717, 1.165) is 55.1 Å². The third-order valence-corrected chi connectivity index (χ3v) is 8.01. The molecule has 1 aliphatic rings. The van der Waals surface area contributed by atoms with E-state index in [-0.39, 0.29) is 41.8 Å². The molecule has 228 valence electrons. The van der Waals surface area contributed by atoms with Crippen LogP contribution < -0.4 is 10.6 Å². The Hall–Kier alpha value is -4.72. The number of oxazole rings is 1. The number of halogens is 3. The van der Waals surface area contributed by atoms with Crippen LogP contribution in [0.25, 0.3) is 22.6 Å². The molecule has 2 aromatic carbocycles. The van der Waals surface area contributed by atoms with Crippen LogP contribution >= 0.6 is 0 Å². The fourth-order valence-corrected chi connectivity index (χ4v) is 5.55. The van der Waals surface area contributed by atoms with E-state index in [1.165, 1.54) is 0 Å². The first-order valence-corrected chi connectivity index (χ1v) is 14.6. The molecule has 44 heavy (non-hydrogen) atoms. The quantitative estimate of drug-likeness (QED) is 0.216. The fourth-order valence-electron chi connectivity index (χ4n) is 5.55. The molecule has 5 rings (SSSR count). The normalized spacial score (nSPS) is 16.9. The van der Waals surface area contributed by atoms with E-state index in [1.807, 2.05) is 19.9 Å². The maximum atomic E-state index is 12.9. The van der Waals surface area contributed by atoms with Crippen molar-refractivity contribution in [2.24, 2.45) is 11.8 Å². The monoisotopic (exact) mass is 603 g/mol. The van der Waals surface area contributed by atoms with Crippen LogP contribution in [0, 0.1) is 23.2 Å². The summed E-state index contributed by atoms with van der Waals surface area (Å²) in [4.78, 5) is 33.6. The van der Waals surface area contributed by atoms with Crippen molar-refractivity contribution < 1.29 is 27.2 Å². The van der Waals surface area contributed by atoms with Gasteiger partial charge in [0.15, 0.2) is 5.58 Å². The second kappa shape index (κ2) is 12.9. The lowest BCUT2D eigenvalue weighted by molar-refractivity contribution is -0.137. The number of anilines is 1. The van der Waals surface area contributed by atoms with Crippen LogP contribution in [0.15, 0.2) is 59.1 Å². The number of hydrogen-bond acceptors (Lipinski definition) is 6.